The van der Waals surface area contributed by atoms with Crippen LogP contribution in [0, 0.1) is 11.6 Å². The number of nitrogens with one attached hydrogen (secondary N) is 1. The molecule has 18 heavy (non-hydrogen) atoms. The standard InChI is InChI=1S/C11H14F2N2O2S/c12-7-4-5-11(8(13)6-7)18(16,17)15-10-3-1-2-9(10)14/h4-6,9-10,15H,1-3,14H2. The number of nitrogens with two attached hydrogens (primary N) is 1. The number of rotatable bonds is 3. The van der Waals surface area contributed by atoms with E-state index in [1.165, 1.54) is 0 Å². The highest BCUT2D eigenvalue weighted by atomic mass is 32.2. The lowest BCUT2D eigenvalue weighted by Crippen LogP contribution is -2.44. The predicted octanol–water partition coefficient (Wildman–Crippen LogP) is 1.12. The van der Waals surface area contributed by atoms with Crippen molar-refractivity contribution in [3.63, 3.8) is 0 Å². The Bertz CT molecular complexity index is 548. The highest BCUT2D eigenvalue weighted by molar-refractivity contribution is 7.89. The van der Waals surface area contributed by atoms with Gasteiger partial charge in [-0.25, -0.2) is 21.9 Å². The van der Waals surface area contributed by atoms with E-state index in [-0.39, 0.29) is 12.1 Å². The lowest BCUT2D eigenvalue weighted by Gasteiger charge is -2.17. The molecule has 100 valence electrons. The molecule has 0 aliphatic heterocycles. The van der Waals surface area contributed by atoms with Gasteiger partial charge in [0, 0.05) is 18.2 Å². The Balaban J connectivity index is 2.25. The van der Waals surface area contributed by atoms with Gasteiger partial charge in [0.15, 0.2) is 0 Å². The fourth-order valence-electron chi connectivity index (χ4n) is 2.09. The van der Waals surface area contributed by atoms with Crippen LogP contribution < -0.4 is 10.5 Å². The van der Waals surface area contributed by atoms with Gasteiger partial charge in [-0.15, -0.1) is 0 Å². The average Bonchev–Trinajstić information content (AvgIpc) is 2.63. The van der Waals surface area contributed by atoms with E-state index in [0.717, 1.165) is 25.0 Å². The normalized spacial score (nSPS) is 24.4. The van der Waals surface area contributed by atoms with Crippen molar-refractivity contribution in [1.82, 2.24) is 4.72 Å². The van der Waals surface area contributed by atoms with Gasteiger partial charge < -0.3 is 5.73 Å². The minimum Gasteiger partial charge on any atom is -0.326 e. The first-order valence-corrected chi connectivity index (χ1v) is 7.11. The van der Waals surface area contributed by atoms with Crippen molar-refractivity contribution in [2.45, 2.75) is 36.2 Å². The maximum atomic E-state index is 13.4. The van der Waals surface area contributed by atoms with E-state index in [9.17, 15) is 17.2 Å². The van der Waals surface area contributed by atoms with Crippen LogP contribution in [0.15, 0.2) is 23.1 Å². The molecule has 1 aromatic carbocycles. The molecule has 1 aliphatic rings. The first kappa shape index (κ1) is 13.4. The van der Waals surface area contributed by atoms with Gasteiger partial charge >= 0.3 is 0 Å². The summed E-state index contributed by atoms with van der Waals surface area (Å²) in [5.74, 6) is -1.92. The molecular formula is C11H14F2N2O2S. The fourth-order valence-corrected chi connectivity index (χ4v) is 3.47. The van der Waals surface area contributed by atoms with Crippen LogP contribution in [0.25, 0.3) is 0 Å². The Morgan fingerprint density at radius 2 is 2.00 bits per heavy atom. The number of hydrogen-bond acceptors (Lipinski definition) is 3. The maximum Gasteiger partial charge on any atom is 0.243 e. The Morgan fingerprint density at radius 3 is 2.56 bits per heavy atom. The van der Waals surface area contributed by atoms with Crippen LogP contribution in [0.1, 0.15) is 19.3 Å². The van der Waals surface area contributed by atoms with E-state index in [0.29, 0.717) is 12.5 Å². The molecule has 0 heterocycles. The Morgan fingerprint density at radius 1 is 1.28 bits per heavy atom. The molecule has 1 aliphatic carbocycles. The van der Waals surface area contributed by atoms with Crippen LogP contribution >= 0.6 is 0 Å². The number of halogens is 2. The van der Waals surface area contributed by atoms with Gasteiger partial charge in [-0.05, 0) is 25.0 Å². The van der Waals surface area contributed by atoms with Crippen molar-refractivity contribution in [3.8, 4) is 0 Å². The van der Waals surface area contributed by atoms with E-state index in [4.69, 9.17) is 5.73 Å². The summed E-state index contributed by atoms with van der Waals surface area (Å²) in [7, 11) is -4.00. The summed E-state index contributed by atoms with van der Waals surface area (Å²) in [6.07, 6.45) is 2.20. The van der Waals surface area contributed by atoms with Crippen molar-refractivity contribution in [1.29, 1.82) is 0 Å². The third kappa shape index (κ3) is 2.68. The second-order valence-electron chi connectivity index (χ2n) is 4.40. The van der Waals surface area contributed by atoms with E-state index >= 15 is 0 Å². The summed E-state index contributed by atoms with van der Waals surface area (Å²) in [5, 5.41) is 0. The molecule has 0 radical (unpaired) electrons. The molecule has 2 unspecified atom stereocenters. The lowest BCUT2D eigenvalue weighted by molar-refractivity contribution is 0.511. The molecule has 1 aromatic rings. The molecule has 2 atom stereocenters. The monoisotopic (exact) mass is 276 g/mol. The zero-order chi connectivity index (χ0) is 13.3. The molecule has 1 fully saturated rings. The molecule has 2 rings (SSSR count). The summed E-state index contributed by atoms with van der Waals surface area (Å²) >= 11 is 0. The van der Waals surface area contributed by atoms with E-state index in [1.807, 2.05) is 0 Å². The Labute approximate surface area is 104 Å². The van der Waals surface area contributed by atoms with Crippen molar-refractivity contribution < 1.29 is 17.2 Å². The molecule has 4 nitrogen and oxygen atoms in total. The van der Waals surface area contributed by atoms with Gasteiger partial charge in [0.1, 0.15) is 16.5 Å². The minimum atomic E-state index is -4.00. The molecule has 0 aromatic heterocycles. The maximum absolute atomic E-state index is 13.4. The van der Waals surface area contributed by atoms with Crippen LogP contribution in [0.5, 0.6) is 0 Å². The van der Waals surface area contributed by atoms with Gasteiger partial charge in [-0.3, -0.25) is 0 Å². The Kier molecular flexibility index (Phi) is 3.65. The molecule has 0 saturated heterocycles. The van der Waals surface area contributed by atoms with Crippen LogP contribution in [-0.4, -0.2) is 20.5 Å². The van der Waals surface area contributed by atoms with Crippen LogP contribution in [0.4, 0.5) is 8.78 Å². The molecule has 0 bridgehead atoms. The second kappa shape index (κ2) is 4.91. The largest absolute Gasteiger partial charge is 0.326 e. The summed E-state index contributed by atoms with van der Waals surface area (Å²) in [5.41, 5.74) is 5.75. The highest BCUT2D eigenvalue weighted by Gasteiger charge is 2.30. The van der Waals surface area contributed by atoms with Crippen molar-refractivity contribution in [2.24, 2.45) is 5.73 Å². The van der Waals surface area contributed by atoms with E-state index in [1.54, 1.807) is 0 Å². The zero-order valence-electron chi connectivity index (χ0n) is 9.57. The van der Waals surface area contributed by atoms with E-state index < -0.39 is 26.6 Å². The SMILES string of the molecule is NC1CCCC1NS(=O)(=O)c1ccc(F)cc1F. The third-order valence-electron chi connectivity index (χ3n) is 3.06. The van der Waals surface area contributed by atoms with Crippen molar-refractivity contribution in [2.75, 3.05) is 0 Å². The molecule has 0 spiro atoms. The summed E-state index contributed by atoms with van der Waals surface area (Å²) in [6, 6.07) is 1.71. The van der Waals surface area contributed by atoms with Gasteiger partial charge in [-0.1, -0.05) is 6.42 Å². The second-order valence-corrected chi connectivity index (χ2v) is 6.08. The topological polar surface area (TPSA) is 72.2 Å². The van der Waals surface area contributed by atoms with Gasteiger partial charge in [0.05, 0.1) is 0 Å². The summed E-state index contributed by atoms with van der Waals surface area (Å²) in [6.45, 7) is 0. The molecule has 1 saturated carbocycles. The smallest absolute Gasteiger partial charge is 0.243 e. The highest BCUT2D eigenvalue weighted by Crippen LogP contribution is 2.21. The van der Waals surface area contributed by atoms with Gasteiger partial charge in [0.25, 0.3) is 0 Å². The minimum absolute atomic E-state index is 0.261. The van der Waals surface area contributed by atoms with E-state index in [2.05, 4.69) is 4.72 Å². The summed E-state index contributed by atoms with van der Waals surface area (Å²) < 4.78 is 52.4. The van der Waals surface area contributed by atoms with Crippen LogP contribution in [0.3, 0.4) is 0 Å². The predicted molar refractivity (Wildman–Crippen MR) is 62.3 cm³/mol. The van der Waals surface area contributed by atoms with Crippen molar-refractivity contribution in [3.05, 3.63) is 29.8 Å². The molecule has 0 amide bonds. The molecule has 7 heteroatoms. The van der Waals surface area contributed by atoms with Crippen LogP contribution in [0.2, 0.25) is 0 Å². The van der Waals surface area contributed by atoms with Crippen molar-refractivity contribution >= 4 is 10.0 Å². The van der Waals surface area contributed by atoms with Gasteiger partial charge in [0.2, 0.25) is 10.0 Å². The zero-order valence-corrected chi connectivity index (χ0v) is 10.4. The first-order chi connectivity index (χ1) is 8.40. The first-order valence-electron chi connectivity index (χ1n) is 5.63. The Hall–Kier alpha value is -1.05. The molecular weight excluding hydrogens is 262 g/mol. The number of sulfonamides is 1. The van der Waals surface area contributed by atoms with Crippen LogP contribution in [-0.2, 0) is 10.0 Å². The summed E-state index contributed by atoms with van der Waals surface area (Å²) in [4.78, 5) is -0.553. The third-order valence-corrected chi connectivity index (χ3v) is 4.58. The average molecular weight is 276 g/mol. The van der Waals surface area contributed by atoms with Gasteiger partial charge in [-0.2, -0.15) is 0 Å². The fraction of sp³-hybridized carbons (Fsp3) is 0.455. The number of benzene rings is 1. The lowest BCUT2D eigenvalue weighted by atomic mass is 10.2. The molecule has 3 N–H and O–H groups in total. The quantitative estimate of drug-likeness (QED) is 0.869. The number of hydrogen-bond donors (Lipinski definition) is 2.